The first-order valence-corrected chi connectivity index (χ1v) is 10.0. The van der Waals surface area contributed by atoms with Gasteiger partial charge in [0, 0.05) is 24.7 Å². The molecule has 3 heterocycles. The number of aryl methyl sites for hydroxylation is 1. The molecule has 5 rings (SSSR count). The molecule has 0 saturated carbocycles. The van der Waals surface area contributed by atoms with Crippen LogP contribution in [0.25, 0.3) is 28.1 Å². The molecule has 31 heavy (non-hydrogen) atoms. The number of nitrogens with zero attached hydrogens (tertiary/aromatic N) is 7. The fraction of sp³-hybridized carbons (Fsp3) is 0.105. The number of thioether (sulfide) groups is 1. The number of non-ortho nitro benzene ring substituents is 1. The highest BCUT2D eigenvalue weighted by atomic mass is 32.2. The van der Waals surface area contributed by atoms with E-state index in [1.807, 2.05) is 22.6 Å². The molecule has 0 amide bonds. The maximum Gasteiger partial charge on any atom is 0.269 e. The SMILES string of the molecule is Cn1c(=O)c2ccccc2n2c(SCc3nnc(-c4ccc([N+](=O)[O-])cc4)o3)nnc12. The summed E-state index contributed by atoms with van der Waals surface area (Å²) >= 11 is 1.34. The second kappa shape index (κ2) is 7.32. The van der Waals surface area contributed by atoms with Gasteiger partial charge in [-0.1, -0.05) is 23.9 Å². The van der Waals surface area contributed by atoms with Gasteiger partial charge in [-0.25, -0.2) is 0 Å². The van der Waals surface area contributed by atoms with Crippen molar-refractivity contribution in [1.29, 1.82) is 0 Å². The highest BCUT2D eigenvalue weighted by Gasteiger charge is 2.17. The molecule has 0 aliphatic carbocycles. The van der Waals surface area contributed by atoms with Crippen LogP contribution in [0.2, 0.25) is 0 Å². The Labute approximate surface area is 177 Å². The first-order chi connectivity index (χ1) is 15.0. The second-order valence-electron chi connectivity index (χ2n) is 6.59. The molecular formula is C19H13N7O4S. The summed E-state index contributed by atoms with van der Waals surface area (Å²) in [6.45, 7) is 0. The first-order valence-electron chi connectivity index (χ1n) is 9.06. The van der Waals surface area contributed by atoms with Crippen LogP contribution in [0.4, 0.5) is 5.69 Å². The zero-order valence-electron chi connectivity index (χ0n) is 16.0. The third-order valence-electron chi connectivity index (χ3n) is 4.71. The van der Waals surface area contributed by atoms with Crippen molar-refractivity contribution in [3.8, 4) is 11.5 Å². The Morgan fingerprint density at radius 1 is 1.06 bits per heavy atom. The van der Waals surface area contributed by atoms with Crippen molar-refractivity contribution in [2.24, 2.45) is 7.05 Å². The minimum atomic E-state index is -0.470. The first kappa shape index (κ1) is 18.9. The molecule has 0 fully saturated rings. The molecule has 5 aromatic rings. The predicted molar refractivity (Wildman–Crippen MR) is 112 cm³/mol. The summed E-state index contributed by atoms with van der Waals surface area (Å²) in [4.78, 5) is 22.8. The van der Waals surface area contributed by atoms with Crippen LogP contribution in [0.3, 0.4) is 0 Å². The molecule has 0 unspecified atom stereocenters. The number of nitro benzene ring substituents is 1. The number of rotatable bonds is 5. The van der Waals surface area contributed by atoms with E-state index in [9.17, 15) is 14.9 Å². The van der Waals surface area contributed by atoms with Crippen molar-refractivity contribution in [2.45, 2.75) is 10.9 Å². The van der Waals surface area contributed by atoms with Crippen molar-refractivity contribution in [2.75, 3.05) is 0 Å². The quantitative estimate of drug-likeness (QED) is 0.232. The number of aromatic nitrogens is 6. The largest absolute Gasteiger partial charge is 0.420 e. The lowest BCUT2D eigenvalue weighted by Crippen LogP contribution is -2.20. The van der Waals surface area contributed by atoms with Crippen molar-refractivity contribution >= 4 is 34.1 Å². The highest BCUT2D eigenvalue weighted by Crippen LogP contribution is 2.26. The summed E-state index contributed by atoms with van der Waals surface area (Å²) in [5.41, 5.74) is 1.14. The van der Waals surface area contributed by atoms with Gasteiger partial charge in [0.15, 0.2) is 5.16 Å². The molecule has 0 spiro atoms. The molecule has 0 N–H and O–H groups in total. The summed E-state index contributed by atoms with van der Waals surface area (Å²) in [6.07, 6.45) is 0. The van der Waals surface area contributed by atoms with Crippen molar-refractivity contribution in [3.63, 3.8) is 0 Å². The zero-order valence-corrected chi connectivity index (χ0v) is 16.8. The predicted octanol–water partition coefficient (Wildman–Crippen LogP) is 2.83. The Morgan fingerprint density at radius 2 is 1.84 bits per heavy atom. The standard InChI is InChI=1S/C19H13N7O4S/c1-24-17(27)13-4-2-3-5-14(13)25-18(24)22-23-19(25)31-10-15-20-21-16(30-15)11-6-8-12(9-7-11)26(28)29/h2-9H,10H2,1H3. The van der Waals surface area contributed by atoms with Gasteiger partial charge in [0.1, 0.15) is 0 Å². The summed E-state index contributed by atoms with van der Waals surface area (Å²) in [6, 6.07) is 13.1. The van der Waals surface area contributed by atoms with Crippen LogP contribution in [0.5, 0.6) is 0 Å². The average Bonchev–Trinajstić information content (AvgIpc) is 3.43. The summed E-state index contributed by atoms with van der Waals surface area (Å²) in [5.74, 6) is 1.40. The number of fused-ring (bicyclic) bond motifs is 3. The van der Waals surface area contributed by atoms with Gasteiger partial charge in [0.25, 0.3) is 11.2 Å². The van der Waals surface area contributed by atoms with Crippen LogP contribution in [0, 0.1) is 10.1 Å². The smallest absolute Gasteiger partial charge is 0.269 e. The van der Waals surface area contributed by atoms with E-state index in [0.29, 0.717) is 39.0 Å². The Balaban J connectivity index is 1.43. The average molecular weight is 435 g/mol. The highest BCUT2D eigenvalue weighted by molar-refractivity contribution is 7.98. The van der Waals surface area contributed by atoms with E-state index < -0.39 is 4.92 Å². The molecular weight excluding hydrogens is 422 g/mol. The van der Waals surface area contributed by atoms with E-state index in [2.05, 4.69) is 20.4 Å². The van der Waals surface area contributed by atoms with Crippen LogP contribution < -0.4 is 5.56 Å². The van der Waals surface area contributed by atoms with Gasteiger partial charge in [-0.05, 0) is 24.3 Å². The fourth-order valence-corrected chi connectivity index (χ4v) is 3.96. The molecule has 0 atom stereocenters. The van der Waals surface area contributed by atoms with Crippen molar-refractivity contribution in [1.82, 2.24) is 29.4 Å². The van der Waals surface area contributed by atoms with Crippen LogP contribution in [-0.4, -0.2) is 34.3 Å². The molecule has 0 aliphatic rings. The number of nitro groups is 1. The molecule has 2 aromatic carbocycles. The maximum atomic E-state index is 12.5. The van der Waals surface area contributed by atoms with Gasteiger partial charge < -0.3 is 4.42 Å². The van der Waals surface area contributed by atoms with E-state index in [4.69, 9.17) is 4.42 Å². The molecule has 12 heteroatoms. The molecule has 154 valence electrons. The fourth-order valence-electron chi connectivity index (χ4n) is 3.19. The van der Waals surface area contributed by atoms with Crippen LogP contribution in [0.1, 0.15) is 5.89 Å². The van der Waals surface area contributed by atoms with Crippen LogP contribution in [0.15, 0.2) is 62.9 Å². The van der Waals surface area contributed by atoms with E-state index >= 15 is 0 Å². The Morgan fingerprint density at radius 3 is 2.61 bits per heavy atom. The Kier molecular flexibility index (Phi) is 4.47. The Bertz CT molecular complexity index is 1500. The lowest BCUT2D eigenvalue weighted by atomic mass is 10.2. The van der Waals surface area contributed by atoms with Gasteiger partial charge >= 0.3 is 0 Å². The van der Waals surface area contributed by atoms with E-state index in [0.717, 1.165) is 0 Å². The number of hydrogen-bond donors (Lipinski definition) is 0. The van der Waals surface area contributed by atoms with Crippen molar-refractivity contribution < 1.29 is 9.34 Å². The van der Waals surface area contributed by atoms with E-state index in [1.54, 1.807) is 25.2 Å². The van der Waals surface area contributed by atoms with Gasteiger partial charge in [-0.15, -0.1) is 20.4 Å². The molecule has 11 nitrogen and oxygen atoms in total. The topological polar surface area (TPSA) is 134 Å². The molecule has 3 aromatic heterocycles. The van der Waals surface area contributed by atoms with E-state index in [-0.39, 0.29) is 17.1 Å². The van der Waals surface area contributed by atoms with Crippen molar-refractivity contribution in [3.05, 3.63) is 74.9 Å². The minimum Gasteiger partial charge on any atom is -0.420 e. The number of hydrogen-bond acceptors (Lipinski definition) is 9. The lowest BCUT2D eigenvalue weighted by Gasteiger charge is -2.06. The van der Waals surface area contributed by atoms with Gasteiger partial charge in [-0.2, -0.15) is 0 Å². The normalized spacial score (nSPS) is 11.4. The molecule has 0 aliphatic heterocycles. The minimum absolute atomic E-state index is 0.0145. The number of benzene rings is 2. The van der Waals surface area contributed by atoms with Gasteiger partial charge in [0.05, 0.1) is 21.6 Å². The van der Waals surface area contributed by atoms with E-state index in [1.165, 1.54) is 28.5 Å². The maximum absolute atomic E-state index is 12.5. The summed E-state index contributed by atoms with van der Waals surface area (Å²) in [7, 11) is 1.65. The zero-order chi connectivity index (χ0) is 21.5. The lowest BCUT2D eigenvalue weighted by molar-refractivity contribution is -0.384. The molecule has 0 saturated heterocycles. The summed E-state index contributed by atoms with van der Waals surface area (Å²) < 4.78 is 8.96. The molecule has 0 radical (unpaired) electrons. The van der Waals surface area contributed by atoms with Gasteiger partial charge in [-0.3, -0.25) is 23.9 Å². The van der Waals surface area contributed by atoms with Gasteiger partial charge in [0.2, 0.25) is 17.6 Å². The monoisotopic (exact) mass is 435 g/mol. The Hall–Kier alpha value is -4.06. The third-order valence-corrected chi connectivity index (χ3v) is 5.63. The van der Waals surface area contributed by atoms with Crippen LogP contribution >= 0.6 is 11.8 Å². The molecule has 0 bridgehead atoms. The third kappa shape index (κ3) is 3.22. The van der Waals surface area contributed by atoms with Crippen LogP contribution in [-0.2, 0) is 12.8 Å². The number of para-hydroxylation sites is 1. The second-order valence-corrected chi connectivity index (χ2v) is 7.54. The summed E-state index contributed by atoms with van der Waals surface area (Å²) in [5, 5.41) is 28.3.